The Labute approximate surface area is 81.7 Å². The molecule has 0 N–H and O–H groups in total. The lowest BCUT2D eigenvalue weighted by Crippen LogP contribution is -1.79. The zero-order valence-electron chi connectivity index (χ0n) is 6.94. The second-order valence-electron chi connectivity index (χ2n) is 2.75. The quantitative estimate of drug-likeness (QED) is 0.670. The summed E-state index contributed by atoms with van der Waals surface area (Å²) in [4.78, 5) is 4.29. The monoisotopic (exact) mass is 189 g/mol. The summed E-state index contributed by atoms with van der Waals surface area (Å²) in [7, 11) is 0. The third-order valence-electron chi connectivity index (χ3n) is 1.87. The second-order valence-corrected chi connectivity index (χ2v) is 3.01. The van der Waals surface area contributed by atoms with Gasteiger partial charge in [-0.1, -0.05) is 29.8 Å². The van der Waals surface area contributed by atoms with E-state index in [0.717, 1.165) is 16.5 Å². The Hall–Kier alpha value is -1.34. The lowest BCUT2D eigenvalue weighted by Gasteiger charge is -1.97. The standard InChI is InChI=1S/C11H8ClN/c12-6-5-9-7-10-3-1-2-4-11(10)13-8-9/h1-8H/b6-5-. The third kappa shape index (κ3) is 1.70. The van der Waals surface area contributed by atoms with Crippen LogP contribution in [0, 0.1) is 0 Å². The van der Waals surface area contributed by atoms with Crippen LogP contribution in [0.15, 0.2) is 42.1 Å². The number of pyridine rings is 1. The summed E-state index contributed by atoms with van der Waals surface area (Å²) in [5, 5.41) is 1.13. The van der Waals surface area contributed by atoms with Gasteiger partial charge in [0.2, 0.25) is 0 Å². The van der Waals surface area contributed by atoms with Gasteiger partial charge >= 0.3 is 0 Å². The van der Waals surface area contributed by atoms with Gasteiger partial charge in [-0.3, -0.25) is 4.98 Å². The molecule has 0 bridgehead atoms. The zero-order chi connectivity index (χ0) is 9.10. The molecule has 0 aliphatic heterocycles. The molecule has 0 atom stereocenters. The van der Waals surface area contributed by atoms with Crippen LogP contribution in [0.2, 0.25) is 0 Å². The minimum Gasteiger partial charge on any atom is -0.256 e. The minimum absolute atomic E-state index is 1.01. The number of para-hydroxylation sites is 1. The second kappa shape index (κ2) is 3.58. The summed E-state index contributed by atoms with van der Waals surface area (Å²) in [6.45, 7) is 0. The van der Waals surface area contributed by atoms with Crippen molar-refractivity contribution in [2.75, 3.05) is 0 Å². The Balaban J connectivity index is 2.62. The molecule has 0 aliphatic rings. The summed E-state index contributed by atoms with van der Waals surface area (Å²) in [5.74, 6) is 0. The van der Waals surface area contributed by atoms with Crippen molar-refractivity contribution in [3.8, 4) is 0 Å². The predicted molar refractivity (Wildman–Crippen MR) is 56.6 cm³/mol. The highest BCUT2D eigenvalue weighted by Gasteiger charge is 1.93. The molecule has 0 aliphatic carbocycles. The SMILES string of the molecule is Cl/C=C\c1cnc2ccccc2c1. The Bertz CT molecular complexity index is 449. The molecule has 2 rings (SSSR count). The number of hydrogen-bond donors (Lipinski definition) is 0. The van der Waals surface area contributed by atoms with Gasteiger partial charge in [0, 0.05) is 17.1 Å². The maximum absolute atomic E-state index is 5.48. The van der Waals surface area contributed by atoms with Gasteiger partial charge < -0.3 is 0 Å². The molecule has 1 aromatic heterocycles. The molecule has 0 unspecified atom stereocenters. The van der Waals surface area contributed by atoms with Crippen molar-refractivity contribution in [2.45, 2.75) is 0 Å². The van der Waals surface area contributed by atoms with E-state index in [4.69, 9.17) is 11.6 Å². The van der Waals surface area contributed by atoms with Crippen molar-refractivity contribution in [3.05, 3.63) is 47.6 Å². The van der Waals surface area contributed by atoms with E-state index in [0.29, 0.717) is 0 Å². The van der Waals surface area contributed by atoms with Gasteiger partial charge in [0.15, 0.2) is 0 Å². The molecule has 1 heterocycles. The fourth-order valence-electron chi connectivity index (χ4n) is 1.25. The lowest BCUT2D eigenvalue weighted by atomic mass is 10.2. The fraction of sp³-hybridized carbons (Fsp3) is 0. The summed E-state index contributed by atoms with van der Waals surface area (Å²) >= 11 is 5.48. The van der Waals surface area contributed by atoms with Gasteiger partial charge in [-0.15, -0.1) is 0 Å². The molecule has 0 amide bonds. The van der Waals surface area contributed by atoms with Gasteiger partial charge in [0.05, 0.1) is 5.52 Å². The lowest BCUT2D eigenvalue weighted by molar-refractivity contribution is 1.40. The molecule has 1 nitrogen and oxygen atoms in total. The Kier molecular flexibility index (Phi) is 2.28. The highest BCUT2D eigenvalue weighted by Crippen LogP contribution is 2.13. The largest absolute Gasteiger partial charge is 0.256 e. The van der Waals surface area contributed by atoms with E-state index in [-0.39, 0.29) is 0 Å². The van der Waals surface area contributed by atoms with Gasteiger partial charge in [-0.05, 0) is 23.8 Å². The molecule has 0 spiro atoms. The van der Waals surface area contributed by atoms with Crippen molar-refractivity contribution in [1.29, 1.82) is 0 Å². The third-order valence-corrected chi connectivity index (χ3v) is 1.99. The summed E-state index contributed by atoms with van der Waals surface area (Å²) < 4.78 is 0. The number of aromatic nitrogens is 1. The number of rotatable bonds is 1. The number of hydrogen-bond acceptors (Lipinski definition) is 1. The smallest absolute Gasteiger partial charge is 0.0702 e. The molecule has 0 saturated heterocycles. The van der Waals surface area contributed by atoms with E-state index >= 15 is 0 Å². The molecule has 0 saturated carbocycles. The molecule has 64 valence electrons. The maximum atomic E-state index is 5.48. The molecular formula is C11H8ClN. The fourth-order valence-corrected chi connectivity index (χ4v) is 1.40. The number of fused-ring (bicyclic) bond motifs is 1. The highest BCUT2D eigenvalue weighted by molar-refractivity contribution is 6.27. The van der Waals surface area contributed by atoms with Gasteiger partial charge in [-0.2, -0.15) is 0 Å². The molecule has 0 fully saturated rings. The van der Waals surface area contributed by atoms with Crippen molar-refractivity contribution < 1.29 is 0 Å². The van der Waals surface area contributed by atoms with Crippen LogP contribution in [0.5, 0.6) is 0 Å². The van der Waals surface area contributed by atoms with Gasteiger partial charge in [0.25, 0.3) is 0 Å². The van der Waals surface area contributed by atoms with Gasteiger partial charge in [0.1, 0.15) is 0 Å². The molecule has 13 heavy (non-hydrogen) atoms. The van der Waals surface area contributed by atoms with E-state index in [2.05, 4.69) is 11.1 Å². The van der Waals surface area contributed by atoms with Crippen LogP contribution in [0.1, 0.15) is 5.56 Å². The van der Waals surface area contributed by atoms with E-state index < -0.39 is 0 Å². The van der Waals surface area contributed by atoms with Crippen LogP contribution in [0.4, 0.5) is 0 Å². The topological polar surface area (TPSA) is 12.9 Å². The first-order valence-corrected chi connectivity index (χ1v) is 4.45. The summed E-state index contributed by atoms with van der Waals surface area (Å²) in [6, 6.07) is 10.1. The molecule has 2 aromatic rings. The van der Waals surface area contributed by atoms with E-state index in [1.807, 2.05) is 30.3 Å². The van der Waals surface area contributed by atoms with Crippen LogP contribution < -0.4 is 0 Å². The van der Waals surface area contributed by atoms with Crippen molar-refractivity contribution >= 4 is 28.6 Å². The number of nitrogens with zero attached hydrogens (tertiary/aromatic N) is 1. The normalized spacial score (nSPS) is 11.2. The number of halogens is 1. The van der Waals surface area contributed by atoms with Crippen LogP contribution in [0.3, 0.4) is 0 Å². The van der Waals surface area contributed by atoms with Gasteiger partial charge in [-0.25, -0.2) is 0 Å². The van der Waals surface area contributed by atoms with Crippen molar-refractivity contribution in [3.63, 3.8) is 0 Å². The first kappa shape index (κ1) is 8.27. The summed E-state index contributed by atoms with van der Waals surface area (Å²) in [6.07, 6.45) is 3.63. The van der Waals surface area contributed by atoms with Crippen LogP contribution in [-0.2, 0) is 0 Å². The molecule has 0 radical (unpaired) electrons. The Morgan fingerprint density at radius 3 is 2.92 bits per heavy atom. The van der Waals surface area contributed by atoms with Crippen LogP contribution >= 0.6 is 11.6 Å². The van der Waals surface area contributed by atoms with Crippen LogP contribution in [0.25, 0.3) is 17.0 Å². The molecule has 2 heteroatoms. The maximum Gasteiger partial charge on any atom is 0.0702 e. The summed E-state index contributed by atoms with van der Waals surface area (Å²) in [5.41, 5.74) is 3.52. The Morgan fingerprint density at radius 1 is 1.23 bits per heavy atom. The highest BCUT2D eigenvalue weighted by atomic mass is 35.5. The van der Waals surface area contributed by atoms with Crippen molar-refractivity contribution in [2.24, 2.45) is 0 Å². The van der Waals surface area contributed by atoms with E-state index in [1.165, 1.54) is 5.54 Å². The predicted octanol–water partition coefficient (Wildman–Crippen LogP) is 3.44. The number of benzene rings is 1. The van der Waals surface area contributed by atoms with Crippen molar-refractivity contribution in [1.82, 2.24) is 4.98 Å². The average Bonchev–Trinajstić information content (AvgIpc) is 2.18. The molecular weight excluding hydrogens is 182 g/mol. The van der Waals surface area contributed by atoms with Crippen LogP contribution in [-0.4, -0.2) is 4.98 Å². The first-order chi connectivity index (χ1) is 6.40. The van der Waals surface area contributed by atoms with E-state index in [1.54, 1.807) is 6.20 Å². The average molecular weight is 190 g/mol. The zero-order valence-corrected chi connectivity index (χ0v) is 7.70. The van der Waals surface area contributed by atoms with E-state index in [9.17, 15) is 0 Å². The first-order valence-electron chi connectivity index (χ1n) is 4.02. The Morgan fingerprint density at radius 2 is 2.08 bits per heavy atom. The minimum atomic E-state index is 1.01. The molecule has 1 aromatic carbocycles.